The Hall–Kier alpha value is -0.970. The van der Waals surface area contributed by atoms with Gasteiger partial charge in [-0.05, 0) is 31.9 Å². The third-order valence-corrected chi connectivity index (χ3v) is 4.61. The van der Waals surface area contributed by atoms with E-state index in [0.717, 1.165) is 32.7 Å². The van der Waals surface area contributed by atoms with Crippen LogP contribution >= 0.6 is 12.2 Å². The van der Waals surface area contributed by atoms with Gasteiger partial charge in [-0.1, -0.05) is 36.0 Å². The molecule has 0 spiro atoms. The van der Waals surface area contributed by atoms with Crippen molar-refractivity contribution in [1.82, 2.24) is 9.80 Å². The lowest BCUT2D eigenvalue weighted by Crippen LogP contribution is -2.52. The van der Waals surface area contributed by atoms with Crippen molar-refractivity contribution >= 4 is 17.2 Å². The number of hydrogen-bond acceptors (Lipinski definition) is 3. The van der Waals surface area contributed by atoms with Gasteiger partial charge in [0.25, 0.3) is 0 Å². The third-order valence-electron chi connectivity index (χ3n) is 4.26. The molecule has 0 radical (unpaired) electrons. The zero-order valence-corrected chi connectivity index (χ0v) is 13.5. The normalized spacial score (nSPS) is 18.9. The van der Waals surface area contributed by atoms with Crippen molar-refractivity contribution in [2.75, 3.05) is 26.2 Å². The number of rotatable bonds is 4. The second-order valence-corrected chi connectivity index (χ2v) is 6.29. The van der Waals surface area contributed by atoms with Crippen molar-refractivity contribution in [3.8, 4) is 0 Å². The smallest absolute Gasteiger partial charge is 0.0899 e. The SMILES string of the molecule is Cc1ccc(C)c(CN2CCN(C(C)C(N)=S)CC2)c1. The van der Waals surface area contributed by atoms with Crippen LogP contribution in [0.4, 0.5) is 0 Å². The van der Waals surface area contributed by atoms with E-state index >= 15 is 0 Å². The lowest BCUT2D eigenvalue weighted by Gasteiger charge is -2.37. The minimum atomic E-state index is 0.216. The fraction of sp³-hybridized carbons (Fsp3) is 0.562. The monoisotopic (exact) mass is 291 g/mol. The maximum absolute atomic E-state index is 5.74. The number of hydrogen-bond donors (Lipinski definition) is 1. The second kappa shape index (κ2) is 6.66. The van der Waals surface area contributed by atoms with E-state index in [4.69, 9.17) is 18.0 Å². The Morgan fingerprint density at radius 1 is 1.25 bits per heavy atom. The van der Waals surface area contributed by atoms with Crippen LogP contribution in [-0.4, -0.2) is 47.0 Å². The number of thiocarbonyl (C=S) groups is 1. The highest BCUT2D eigenvalue weighted by Gasteiger charge is 2.22. The Balaban J connectivity index is 1.91. The summed E-state index contributed by atoms with van der Waals surface area (Å²) < 4.78 is 0. The van der Waals surface area contributed by atoms with Crippen LogP contribution in [0.2, 0.25) is 0 Å². The molecule has 1 unspecified atom stereocenters. The van der Waals surface area contributed by atoms with Crippen LogP contribution in [0.3, 0.4) is 0 Å². The van der Waals surface area contributed by atoms with E-state index in [1.54, 1.807) is 0 Å². The van der Waals surface area contributed by atoms with E-state index in [0.29, 0.717) is 4.99 Å². The summed E-state index contributed by atoms with van der Waals surface area (Å²) in [7, 11) is 0. The van der Waals surface area contributed by atoms with Gasteiger partial charge < -0.3 is 5.73 Å². The van der Waals surface area contributed by atoms with Crippen LogP contribution in [0, 0.1) is 13.8 Å². The summed E-state index contributed by atoms with van der Waals surface area (Å²) in [6, 6.07) is 6.92. The summed E-state index contributed by atoms with van der Waals surface area (Å²) >= 11 is 5.09. The molecule has 1 heterocycles. The van der Waals surface area contributed by atoms with Crippen molar-refractivity contribution in [1.29, 1.82) is 0 Å². The van der Waals surface area contributed by atoms with Gasteiger partial charge in [-0.25, -0.2) is 0 Å². The van der Waals surface area contributed by atoms with E-state index in [1.807, 2.05) is 0 Å². The first kappa shape index (κ1) is 15.4. The van der Waals surface area contributed by atoms with Gasteiger partial charge >= 0.3 is 0 Å². The molecule has 1 aromatic carbocycles. The predicted molar refractivity (Wildman–Crippen MR) is 89.0 cm³/mol. The highest BCUT2D eigenvalue weighted by atomic mass is 32.1. The first-order valence-electron chi connectivity index (χ1n) is 7.29. The summed E-state index contributed by atoms with van der Waals surface area (Å²) in [5.41, 5.74) is 9.91. The molecule has 0 aromatic heterocycles. The topological polar surface area (TPSA) is 32.5 Å². The third kappa shape index (κ3) is 3.78. The van der Waals surface area contributed by atoms with Crippen molar-refractivity contribution in [2.45, 2.75) is 33.4 Å². The van der Waals surface area contributed by atoms with Crippen LogP contribution in [0.15, 0.2) is 18.2 Å². The van der Waals surface area contributed by atoms with Gasteiger partial charge in [0.05, 0.1) is 11.0 Å². The molecule has 20 heavy (non-hydrogen) atoms. The molecule has 2 rings (SSSR count). The second-order valence-electron chi connectivity index (χ2n) is 5.82. The minimum absolute atomic E-state index is 0.216. The average Bonchev–Trinajstić information content (AvgIpc) is 2.43. The molecule has 0 saturated carbocycles. The first-order valence-corrected chi connectivity index (χ1v) is 7.70. The Morgan fingerprint density at radius 3 is 2.50 bits per heavy atom. The zero-order valence-electron chi connectivity index (χ0n) is 12.7. The lowest BCUT2D eigenvalue weighted by atomic mass is 10.0. The molecule has 4 heteroatoms. The standard InChI is InChI=1S/C16H25N3S/c1-12-4-5-13(2)15(10-12)11-18-6-8-19(9-7-18)14(3)16(17)20/h4-5,10,14H,6-9,11H2,1-3H3,(H2,17,20). The number of benzene rings is 1. The lowest BCUT2D eigenvalue weighted by molar-refractivity contribution is 0.117. The first-order chi connectivity index (χ1) is 9.47. The van der Waals surface area contributed by atoms with Crippen LogP contribution in [0.5, 0.6) is 0 Å². The van der Waals surface area contributed by atoms with Gasteiger partial charge in [0.2, 0.25) is 0 Å². The van der Waals surface area contributed by atoms with Gasteiger partial charge in [0.15, 0.2) is 0 Å². The van der Waals surface area contributed by atoms with Gasteiger partial charge in [0, 0.05) is 32.7 Å². The quantitative estimate of drug-likeness (QED) is 0.861. The molecule has 1 saturated heterocycles. The van der Waals surface area contributed by atoms with Crippen LogP contribution in [-0.2, 0) is 6.54 Å². The summed E-state index contributed by atoms with van der Waals surface area (Å²) in [4.78, 5) is 5.50. The zero-order chi connectivity index (χ0) is 14.7. The predicted octanol–water partition coefficient (Wildman–Crippen LogP) is 2.10. The molecular formula is C16H25N3S. The van der Waals surface area contributed by atoms with Crippen LogP contribution < -0.4 is 5.73 Å². The van der Waals surface area contributed by atoms with Crippen molar-refractivity contribution in [3.63, 3.8) is 0 Å². The molecule has 1 aliphatic rings. The maximum Gasteiger partial charge on any atom is 0.0899 e. The van der Waals surface area contributed by atoms with Crippen molar-refractivity contribution < 1.29 is 0 Å². The van der Waals surface area contributed by atoms with Gasteiger partial charge in [-0.3, -0.25) is 9.80 Å². The Kier molecular flexibility index (Phi) is 5.13. The molecule has 1 atom stereocenters. The molecule has 0 amide bonds. The highest BCUT2D eigenvalue weighted by Crippen LogP contribution is 2.15. The molecule has 2 N–H and O–H groups in total. The number of piperazine rings is 1. The maximum atomic E-state index is 5.74. The number of nitrogens with zero attached hydrogens (tertiary/aromatic N) is 2. The summed E-state index contributed by atoms with van der Waals surface area (Å²) in [6.45, 7) is 11.8. The largest absolute Gasteiger partial charge is 0.392 e. The van der Waals surface area contributed by atoms with Gasteiger partial charge in [-0.2, -0.15) is 0 Å². The molecule has 0 aliphatic carbocycles. The molecule has 3 nitrogen and oxygen atoms in total. The Morgan fingerprint density at radius 2 is 1.90 bits per heavy atom. The van der Waals surface area contributed by atoms with E-state index in [1.165, 1.54) is 16.7 Å². The van der Waals surface area contributed by atoms with E-state index in [2.05, 4.69) is 48.8 Å². The van der Waals surface area contributed by atoms with Crippen molar-refractivity contribution in [2.24, 2.45) is 5.73 Å². The molecule has 0 bridgehead atoms. The molecule has 1 aromatic rings. The number of aryl methyl sites for hydroxylation is 2. The minimum Gasteiger partial charge on any atom is -0.392 e. The van der Waals surface area contributed by atoms with Gasteiger partial charge in [0.1, 0.15) is 0 Å². The van der Waals surface area contributed by atoms with E-state index in [9.17, 15) is 0 Å². The Labute approximate surface area is 127 Å². The fourth-order valence-electron chi connectivity index (χ4n) is 2.70. The average molecular weight is 291 g/mol. The van der Waals surface area contributed by atoms with E-state index < -0.39 is 0 Å². The summed E-state index contributed by atoms with van der Waals surface area (Å²) in [6.07, 6.45) is 0. The summed E-state index contributed by atoms with van der Waals surface area (Å²) in [5.74, 6) is 0. The molecular weight excluding hydrogens is 266 g/mol. The fourth-order valence-corrected chi connectivity index (χ4v) is 2.85. The van der Waals surface area contributed by atoms with Gasteiger partial charge in [-0.15, -0.1) is 0 Å². The molecule has 110 valence electrons. The number of nitrogens with two attached hydrogens (primary N) is 1. The molecule has 1 fully saturated rings. The van der Waals surface area contributed by atoms with Crippen LogP contribution in [0.1, 0.15) is 23.6 Å². The van der Waals surface area contributed by atoms with Crippen molar-refractivity contribution in [3.05, 3.63) is 34.9 Å². The highest BCUT2D eigenvalue weighted by molar-refractivity contribution is 7.80. The van der Waals surface area contributed by atoms with E-state index in [-0.39, 0.29) is 6.04 Å². The molecule has 1 aliphatic heterocycles. The van der Waals surface area contributed by atoms with Crippen LogP contribution in [0.25, 0.3) is 0 Å². The Bertz CT molecular complexity index is 479. The summed E-state index contributed by atoms with van der Waals surface area (Å²) in [5, 5.41) is 0.